The van der Waals surface area contributed by atoms with Gasteiger partial charge in [0.2, 0.25) is 0 Å². The maximum atomic E-state index is 14.3. The van der Waals surface area contributed by atoms with Gasteiger partial charge in [0.15, 0.2) is 0 Å². The van der Waals surface area contributed by atoms with Gasteiger partial charge < -0.3 is 9.39 Å². The number of benzene rings is 1. The molecule has 0 bridgehead atoms. The number of halogens is 9. The molecule has 21 heteroatoms. The highest BCUT2D eigenvalue weighted by atomic mass is 32.3. The van der Waals surface area contributed by atoms with Crippen molar-refractivity contribution < 1.29 is 72.4 Å². The molecule has 9 nitrogen and oxygen atoms in total. The molecule has 0 aliphatic heterocycles. The van der Waals surface area contributed by atoms with Crippen LogP contribution in [0.4, 0.5) is 39.5 Å². The predicted octanol–water partition coefficient (Wildman–Crippen LogP) is 4.49. The van der Waals surface area contributed by atoms with E-state index in [1.807, 2.05) is 0 Å². The van der Waals surface area contributed by atoms with E-state index < -0.39 is 68.4 Å². The Hall–Kier alpha value is -1.84. The van der Waals surface area contributed by atoms with Crippen LogP contribution in [-0.2, 0) is 30.2 Å². The number of hydrogen-bond donors (Lipinski definition) is 0. The summed E-state index contributed by atoms with van der Waals surface area (Å²) in [5.74, 6) is -9.15. The summed E-state index contributed by atoms with van der Waals surface area (Å²) >= 11 is 0. The Morgan fingerprint density at radius 2 is 1.16 bits per heavy atom. The first-order chi connectivity index (χ1) is 16.3. The van der Waals surface area contributed by atoms with Crippen LogP contribution in [0.2, 0.25) is 0 Å². The second kappa shape index (κ2) is 9.37. The summed E-state index contributed by atoms with van der Waals surface area (Å²) < 4.78 is 191. The topological polar surface area (TPSA) is 135 Å². The summed E-state index contributed by atoms with van der Waals surface area (Å²) in [6, 6.07) is 3.50. The highest BCUT2D eigenvalue weighted by Gasteiger charge is 2.87. The summed E-state index contributed by atoms with van der Waals surface area (Å²) in [7, 11) is -24.8. The van der Waals surface area contributed by atoms with E-state index in [1.165, 1.54) is 0 Å². The highest BCUT2D eigenvalue weighted by Crippen LogP contribution is 2.54. The minimum absolute atomic E-state index is 0.254. The zero-order chi connectivity index (χ0) is 30.8. The van der Waals surface area contributed by atoms with E-state index >= 15 is 0 Å². The van der Waals surface area contributed by atoms with Crippen molar-refractivity contribution in [1.29, 1.82) is 0 Å². The van der Waals surface area contributed by atoms with Crippen molar-refractivity contribution in [3.63, 3.8) is 0 Å². The number of hydrogen-bond acceptors (Lipinski definition) is 8. The van der Waals surface area contributed by atoms with E-state index in [0.29, 0.717) is 17.7 Å². The van der Waals surface area contributed by atoms with Crippen LogP contribution in [0.1, 0.15) is 39.2 Å². The molecule has 0 N–H and O–H groups in total. The zero-order valence-corrected chi connectivity index (χ0v) is 22.2. The highest BCUT2D eigenvalue weighted by molar-refractivity contribution is 7.99. The van der Waals surface area contributed by atoms with Gasteiger partial charge in [0.25, 0.3) is 0 Å². The summed E-state index contributed by atoms with van der Waals surface area (Å²) in [6.45, 7) is 7.06. The molecule has 2 atom stereocenters. The Morgan fingerprint density at radius 3 is 1.50 bits per heavy atom. The molecular formula is C17H20F9NO8S3. The van der Waals surface area contributed by atoms with E-state index in [4.69, 9.17) is 0 Å². The van der Waals surface area contributed by atoms with Gasteiger partial charge in [0.1, 0.15) is 5.75 Å². The minimum Gasteiger partial charge on any atom is -0.601 e. The van der Waals surface area contributed by atoms with Crippen LogP contribution in [0.15, 0.2) is 24.3 Å². The molecule has 0 amide bonds. The predicted molar refractivity (Wildman–Crippen MR) is 112 cm³/mol. The quantitative estimate of drug-likeness (QED) is 0.168. The first-order valence-electron chi connectivity index (χ1n) is 9.66. The molecule has 0 aromatic heterocycles. The lowest BCUT2D eigenvalue weighted by atomic mass is 9.78. The van der Waals surface area contributed by atoms with Gasteiger partial charge in [-0.05, 0) is 29.0 Å². The van der Waals surface area contributed by atoms with E-state index in [2.05, 4.69) is 4.18 Å². The lowest BCUT2D eigenvalue weighted by Gasteiger charge is -2.39. The number of rotatable bonds is 9. The number of sulfonamides is 2. The van der Waals surface area contributed by atoms with E-state index in [-0.39, 0.29) is 11.3 Å². The molecule has 1 aromatic carbocycles. The first kappa shape index (κ1) is 34.2. The average molecular weight is 634 g/mol. The van der Waals surface area contributed by atoms with Crippen molar-refractivity contribution >= 4 is 30.2 Å². The van der Waals surface area contributed by atoms with E-state index in [9.17, 15) is 70.0 Å². The van der Waals surface area contributed by atoms with Crippen LogP contribution < -0.4 is 4.18 Å². The molecule has 0 fully saturated rings. The molecule has 0 saturated carbocycles. The van der Waals surface area contributed by atoms with Crippen molar-refractivity contribution in [2.24, 2.45) is 5.41 Å². The van der Waals surface area contributed by atoms with Crippen LogP contribution in [0, 0.1) is 10.6 Å². The maximum Gasteiger partial charge on any atom is 0.551 e. The van der Waals surface area contributed by atoms with Crippen LogP contribution in [0.3, 0.4) is 0 Å². The molecule has 0 aliphatic carbocycles. The monoisotopic (exact) mass is 633 g/mol. The van der Waals surface area contributed by atoms with Crippen LogP contribution in [-0.4, -0.2) is 57.7 Å². The van der Waals surface area contributed by atoms with Gasteiger partial charge in [-0.25, -0.2) is 0 Å². The molecule has 0 saturated heterocycles. The zero-order valence-electron chi connectivity index (χ0n) is 19.7. The number of hydroxylamine groups is 1. The summed E-state index contributed by atoms with van der Waals surface area (Å²) in [5, 5.41) is -3.26. The molecule has 0 spiro atoms. The van der Waals surface area contributed by atoms with Gasteiger partial charge >= 0.3 is 52.1 Å². The fourth-order valence-corrected chi connectivity index (χ4v) is 6.29. The van der Waals surface area contributed by atoms with Gasteiger partial charge in [-0.2, -0.15) is 64.8 Å². The fraction of sp³-hybridized carbons (Fsp3) is 0.647. The number of nitrogens with zero attached hydrogens (tertiary/aromatic N) is 1. The Kier molecular flexibility index (Phi) is 8.43. The van der Waals surface area contributed by atoms with Crippen LogP contribution in [0.25, 0.3) is 0 Å². The number of alkyl halides is 9. The summed E-state index contributed by atoms with van der Waals surface area (Å²) in [5.41, 5.74) is -6.87. The standard InChI is InChI=1S/C17H20F9NO8S3/c1-10(13(2,3)4)11-6-8-12(9-7-11)35-38(33,34)16(22,23)14(18,19)15(20,21)36(29,30)27(5,28)37(31,32)17(24,25)26/h6-10H,1-5H3. The van der Waals surface area contributed by atoms with E-state index in [0.717, 1.165) is 12.1 Å². The van der Waals surface area contributed by atoms with Crippen LogP contribution >= 0.6 is 0 Å². The largest absolute Gasteiger partial charge is 0.601 e. The lowest BCUT2D eigenvalue weighted by molar-refractivity contribution is -0.594. The van der Waals surface area contributed by atoms with Crippen molar-refractivity contribution in [1.82, 2.24) is 0 Å². The molecule has 0 radical (unpaired) electrons. The summed E-state index contributed by atoms with van der Waals surface area (Å²) in [4.78, 5) is 0. The molecule has 1 rings (SSSR count). The maximum absolute atomic E-state index is 14.3. The van der Waals surface area contributed by atoms with Gasteiger partial charge in [0.05, 0.1) is 7.05 Å². The third-order valence-electron chi connectivity index (χ3n) is 5.42. The van der Waals surface area contributed by atoms with Gasteiger partial charge in [-0.3, -0.25) is 0 Å². The normalized spacial score (nSPS) is 17.6. The Morgan fingerprint density at radius 1 is 0.763 bits per heavy atom. The lowest BCUT2D eigenvalue weighted by Crippen LogP contribution is -2.68. The third-order valence-corrected chi connectivity index (χ3v) is 11.1. The smallest absolute Gasteiger partial charge is 0.551 e. The summed E-state index contributed by atoms with van der Waals surface area (Å²) in [6.07, 6.45) is 0. The Balaban J connectivity index is 3.58. The van der Waals surface area contributed by atoms with Gasteiger partial charge in [0, 0.05) is 0 Å². The van der Waals surface area contributed by atoms with Crippen molar-refractivity contribution in [2.45, 2.75) is 55.6 Å². The van der Waals surface area contributed by atoms with Gasteiger partial charge in [-0.15, -0.1) is 3.46 Å². The Labute approximate surface area is 211 Å². The number of quaternary nitrogens is 1. The molecule has 0 heterocycles. The SMILES string of the molecule is CC(c1ccc(OS(=O)(=O)C(F)(F)C(F)(F)C(F)(F)S(=O)(=O)[N+](C)([O-])S(=O)(=O)C(F)(F)F)cc1)C(C)(C)C. The van der Waals surface area contributed by atoms with Crippen molar-refractivity contribution in [3.8, 4) is 5.75 Å². The van der Waals surface area contributed by atoms with Crippen molar-refractivity contribution in [2.75, 3.05) is 7.05 Å². The first-order valence-corrected chi connectivity index (χ1v) is 13.9. The molecule has 1 aromatic rings. The van der Waals surface area contributed by atoms with Gasteiger partial charge in [-0.1, -0.05) is 39.8 Å². The Bertz CT molecular complexity index is 1360. The fourth-order valence-electron chi connectivity index (χ4n) is 2.50. The molecule has 38 heavy (non-hydrogen) atoms. The second-order valence-corrected chi connectivity index (χ2v) is 15.1. The van der Waals surface area contributed by atoms with Crippen LogP contribution in [0.5, 0.6) is 5.75 Å². The molecule has 222 valence electrons. The molecular weight excluding hydrogens is 613 g/mol. The van der Waals surface area contributed by atoms with E-state index in [1.54, 1.807) is 27.7 Å². The third kappa shape index (κ3) is 5.06. The van der Waals surface area contributed by atoms with Crippen molar-refractivity contribution in [3.05, 3.63) is 35.0 Å². The molecule has 2 unspecified atom stereocenters. The minimum atomic E-state index is -8.39. The molecule has 0 aliphatic rings. The average Bonchev–Trinajstić information content (AvgIpc) is 2.71. The second-order valence-electron chi connectivity index (χ2n) is 8.97.